The molecule has 0 unspecified atom stereocenters. The summed E-state index contributed by atoms with van der Waals surface area (Å²) in [4.78, 5) is 31.4. The Balaban J connectivity index is 1.51. The average molecular weight is 444 g/mol. The van der Waals surface area contributed by atoms with E-state index in [0.717, 1.165) is 40.5 Å². The molecular formula is C26H25N3O2S. The molecule has 2 aliphatic rings. The number of hydrogen-bond acceptors (Lipinski definition) is 5. The third-order valence-corrected chi connectivity index (χ3v) is 6.81. The number of nitrogens with one attached hydrogen (secondary N) is 1. The molecule has 0 bridgehead atoms. The molecule has 3 heterocycles. The van der Waals surface area contributed by atoms with Crippen LogP contribution in [0.1, 0.15) is 28.8 Å². The van der Waals surface area contributed by atoms with Crippen LogP contribution in [0.15, 0.2) is 65.7 Å². The number of carbonyl (C=O) groups is 2. The zero-order chi connectivity index (χ0) is 22.2. The number of amides is 2. The molecule has 0 atom stereocenters. The Kier molecular flexibility index (Phi) is 5.31. The molecule has 2 aliphatic heterocycles. The molecule has 0 aliphatic carbocycles. The fraction of sp³-hybridized carbons (Fsp3) is 0.231. The van der Waals surface area contributed by atoms with Gasteiger partial charge in [-0.3, -0.25) is 9.59 Å². The highest BCUT2D eigenvalue weighted by atomic mass is 32.1. The molecule has 32 heavy (non-hydrogen) atoms. The van der Waals surface area contributed by atoms with E-state index in [9.17, 15) is 9.59 Å². The van der Waals surface area contributed by atoms with E-state index in [-0.39, 0.29) is 11.8 Å². The second-order valence-electron chi connectivity index (χ2n) is 8.38. The largest absolute Gasteiger partial charge is 0.372 e. The minimum atomic E-state index is -0.327. The molecule has 0 radical (unpaired) electrons. The zero-order valence-corrected chi connectivity index (χ0v) is 19.0. The summed E-state index contributed by atoms with van der Waals surface area (Å²) in [6.07, 6.45) is 2.40. The van der Waals surface area contributed by atoms with Gasteiger partial charge in [0.2, 0.25) is 0 Å². The van der Waals surface area contributed by atoms with Crippen molar-refractivity contribution in [3.8, 4) is 0 Å². The molecule has 5 rings (SSSR count). The maximum atomic E-state index is 13.5. The SMILES string of the molecule is Cc1cc(C)cc(NC2=C(c3cccs3)C(=O)N(c3ccc(N4CCCC4)cc3)C2=O)c1. The highest BCUT2D eigenvalue weighted by molar-refractivity contribution is 7.11. The fourth-order valence-corrected chi connectivity index (χ4v) is 5.28. The van der Waals surface area contributed by atoms with Gasteiger partial charge >= 0.3 is 0 Å². The number of rotatable bonds is 5. The molecule has 2 amide bonds. The summed E-state index contributed by atoms with van der Waals surface area (Å²) >= 11 is 1.46. The molecule has 5 nitrogen and oxygen atoms in total. The van der Waals surface area contributed by atoms with E-state index in [0.29, 0.717) is 17.0 Å². The Labute approximate surface area is 192 Å². The van der Waals surface area contributed by atoms with Crippen LogP contribution in [0.25, 0.3) is 5.57 Å². The Morgan fingerprint density at radius 1 is 0.844 bits per heavy atom. The first-order valence-corrected chi connectivity index (χ1v) is 11.8. The van der Waals surface area contributed by atoms with Crippen LogP contribution in [0.4, 0.5) is 17.1 Å². The van der Waals surface area contributed by atoms with Crippen molar-refractivity contribution >= 4 is 45.8 Å². The van der Waals surface area contributed by atoms with Crippen molar-refractivity contribution in [3.05, 3.63) is 81.7 Å². The van der Waals surface area contributed by atoms with E-state index in [2.05, 4.69) is 16.3 Å². The summed E-state index contributed by atoms with van der Waals surface area (Å²) in [5.41, 5.74) is 5.46. The van der Waals surface area contributed by atoms with Crippen LogP contribution in [-0.4, -0.2) is 24.9 Å². The molecule has 2 aromatic carbocycles. The second kappa shape index (κ2) is 8.28. The lowest BCUT2D eigenvalue weighted by atomic mass is 10.1. The molecule has 1 N–H and O–H groups in total. The van der Waals surface area contributed by atoms with E-state index in [1.165, 1.54) is 29.1 Å². The number of anilines is 3. The van der Waals surface area contributed by atoms with Crippen LogP contribution >= 0.6 is 11.3 Å². The lowest BCUT2D eigenvalue weighted by Crippen LogP contribution is -2.32. The predicted octanol–water partition coefficient (Wildman–Crippen LogP) is 5.36. The highest BCUT2D eigenvalue weighted by Gasteiger charge is 2.40. The van der Waals surface area contributed by atoms with Crippen molar-refractivity contribution in [1.82, 2.24) is 0 Å². The summed E-state index contributed by atoms with van der Waals surface area (Å²) < 4.78 is 0. The smallest absolute Gasteiger partial charge is 0.282 e. The van der Waals surface area contributed by atoms with Gasteiger partial charge in [0, 0.05) is 29.3 Å². The van der Waals surface area contributed by atoms with Crippen LogP contribution in [0, 0.1) is 13.8 Å². The summed E-state index contributed by atoms with van der Waals surface area (Å²) in [6.45, 7) is 6.13. The Morgan fingerprint density at radius 2 is 1.50 bits per heavy atom. The van der Waals surface area contributed by atoms with Crippen molar-refractivity contribution in [2.75, 3.05) is 28.2 Å². The summed E-state index contributed by atoms with van der Waals surface area (Å²) in [5.74, 6) is -0.621. The Morgan fingerprint density at radius 3 is 2.12 bits per heavy atom. The summed E-state index contributed by atoms with van der Waals surface area (Å²) in [6, 6.07) is 17.6. The number of benzene rings is 2. The highest BCUT2D eigenvalue weighted by Crippen LogP contribution is 2.36. The third kappa shape index (κ3) is 3.71. The van der Waals surface area contributed by atoms with Crippen LogP contribution in [-0.2, 0) is 9.59 Å². The molecule has 1 saturated heterocycles. The maximum Gasteiger partial charge on any atom is 0.282 e. The van der Waals surface area contributed by atoms with Gasteiger partial charge in [0.1, 0.15) is 5.70 Å². The van der Waals surface area contributed by atoms with E-state index >= 15 is 0 Å². The number of carbonyl (C=O) groups excluding carboxylic acids is 2. The van der Waals surface area contributed by atoms with E-state index in [1.54, 1.807) is 0 Å². The fourth-order valence-electron chi connectivity index (χ4n) is 4.51. The minimum Gasteiger partial charge on any atom is -0.372 e. The Hall–Kier alpha value is -3.38. The van der Waals surface area contributed by atoms with Crippen LogP contribution < -0.4 is 15.1 Å². The van der Waals surface area contributed by atoms with E-state index < -0.39 is 0 Å². The molecule has 3 aromatic rings. The van der Waals surface area contributed by atoms with Crippen molar-refractivity contribution in [2.45, 2.75) is 26.7 Å². The lowest BCUT2D eigenvalue weighted by Gasteiger charge is -2.20. The number of hydrogen-bond donors (Lipinski definition) is 1. The summed E-state index contributed by atoms with van der Waals surface area (Å²) in [7, 11) is 0. The number of thiophene rings is 1. The summed E-state index contributed by atoms with van der Waals surface area (Å²) in [5, 5.41) is 5.18. The molecule has 0 spiro atoms. The predicted molar refractivity (Wildman–Crippen MR) is 131 cm³/mol. The Bertz CT molecular complexity index is 1190. The van der Waals surface area contributed by atoms with Gasteiger partial charge in [-0.1, -0.05) is 12.1 Å². The standard InChI is InChI=1S/C26H25N3O2S/c1-17-14-18(2)16-19(15-17)27-24-23(22-6-5-13-32-22)25(30)29(26(24)31)21-9-7-20(8-10-21)28-11-3-4-12-28/h5-10,13-16,27H,3-4,11-12H2,1-2H3. The van der Waals surface area contributed by atoms with E-state index in [4.69, 9.17) is 0 Å². The number of imide groups is 1. The second-order valence-corrected chi connectivity index (χ2v) is 9.33. The van der Waals surface area contributed by atoms with Crippen LogP contribution in [0.3, 0.4) is 0 Å². The average Bonchev–Trinajstić information content (AvgIpc) is 3.51. The van der Waals surface area contributed by atoms with Crippen LogP contribution in [0.2, 0.25) is 0 Å². The van der Waals surface area contributed by atoms with Crippen molar-refractivity contribution in [2.24, 2.45) is 0 Å². The van der Waals surface area contributed by atoms with Gasteiger partial charge in [0.15, 0.2) is 0 Å². The zero-order valence-electron chi connectivity index (χ0n) is 18.2. The van der Waals surface area contributed by atoms with Crippen molar-refractivity contribution in [3.63, 3.8) is 0 Å². The lowest BCUT2D eigenvalue weighted by molar-refractivity contribution is -0.120. The van der Waals surface area contributed by atoms with Gasteiger partial charge in [0.05, 0.1) is 11.3 Å². The molecule has 6 heteroatoms. The molecule has 1 aromatic heterocycles. The number of nitrogens with zero attached hydrogens (tertiary/aromatic N) is 2. The minimum absolute atomic E-state index is 0.293. The normalized spacial score (nSPS) is 16.4. The molecular weight excluding hydrogens is 418 g/mol. The van der Waals surface area contributed by atoms with Gasteiger partial charge in [0.25, 0.3) is 11.8 Å². The van der Waals surface area contributed by atoms with Gasteiger partial charge in [-0.25, -0.2) is 4.90 Å². The molecule has 0 saturated carbocycles. The van der Waals surface area contributed by atoms with Crippen molar-refractivity contribution < 1.29 is 9.59 Å². The number of aryl methyl sites for hydroxylation is 2. The first-order valence-electron chi connectivity index (χ1n) is 10.9. The van der Waals surface area contributed by atoms with Gasteiger partial charge in [-0.2, -0.15) is 0 Å². The topological polar surface area (TPSA) is 52.7 Å². The molecule has 162 valence electrons. The third-order valence-electron chi connectivity index (χ3n) is 5.92. The van der Waals surface area contributed by atoms with Crippen molar-refractivity contribution in [1.29, 1.82) is 0 Å². The van der Waals surface area contributed by atoms with E-state index in [1.807, 2.05) is 67.8 Å². The van der Waals surface area contributed by atoms with Gasteiger partial charge < -0.3 is 10.2 Å². The van der Waals surface area contributed by atoms with Gasteiger partial charge in [-0.05, 0) is 85.7 Å². The monoisotopic (exact) mass is 443 g/mol. The maximum absolute atomic E-state index is 13.5. The van der Waals surface area contributed by atoms with Crippen LogP contribution in [0.5, 0.6) is 0 Å². The first kappa shape index (κ1) is 20.5. The van der Waals surface area contributed by atoms with Gasteiger partial charge in [-0.15, -0.1) is 11.3 Å². The molecule has 1 fully saturated rings. The quantitative estimate of drug-likeness (QED) is 0.539. The first-order chi connectivity index (χ1) is 15.5.